The van der Waals surface area contributed by atoms with E-state index in [1.165, 1.54) is 12.8 Å². The molecule has 0 aromatic rings. The third-order valence-corrected chi connectivity index (χ3v) is 2.55. The number of hydrogen-bond donors (Lipinski definition) is 1. The second kappa shape index (κ2) is 1.96. The molecule has 0 radical (unpaired) electrons. The van der Waals surface area contributed by atoms with E-state index in [1.54, 1.807) is 0 Å². The molecule has 1 aliphatic heterocycles. The first-order valence-electron chi connectivity index (χ1n) is 3.75. The van der Waals surface area contributed by atoms with Gasteiger partial charge in [0, 0.05) is 18.6 Å². The first-order valence-corrected chi connectivity index (χ1v) is 3.75. The molecule has 2 nitrogen and oxygen atoms in total. The van der Waals surface area contributed by atoms with Crippen molar-refractivity contribution in [3.63, 3.8) is 0 Å². The van der Waals surface area contributed by atoms with Crippen LogP contribution < -0.4 is 5.73 Å². The lowest BCUT2D eigenvalue weighted by molar-refractivity contribution is -0.0943. The number of rotatable bonds is 0. The highest BCUT2D eigenvalue weighted by atomic mass is 16.5. The van der Waals surface area contributed by atoms with Crippen molar-refractivity contribution < 1.29 is 4.74 Å². The van der Waals surface area contributed by atoms with Crippen LogP contribution in [0.3, 0.4) is 0 Å². The Morgan fingerprint density at radius 3 is 2.89 bits per heavy atom. The Morgan fingerprint density at radius 1 is 1.44 bits per heavy atom. The summed E-state index contributed by atoms with van der Waals surface area (Å²) in [6.45, 7) is 0.966. The Morgan fingerprint density at radius 2 is 2.33 bits per heavy atom. The van der Waals surface area contributed by atoms with Gasteiger partial charge in [0.2, 0.25) is 0 Å². The minimum Gasteiger partial charge on any atom is -0.378 e. The second-order valence-electron chi connectivity index (χ2n) is 3.11. The quantitative estimate of drug-likeness (QED) is 0.514. The van der Waals surface area contributed by atoms with Gasteiger partial charge in [-0.15, -0.1) is 0 Å². The standard InChI is InChI=1S/C7H13NO/c8-6-4-7-5(6)2-1-3-9-7/h5-7H,1-4,8H2/t5-,6-,7+/m0/s1. The lowest BCUT2D eigenvalue weighted by Crippen LogP contribution is -2.54. The van der Waals surface area contributed by atoms with Crippen molar-refractivity contribution in [1.82, 2.24) is 0 Å². The summed E-state index contributed by atoms with van der Waals surface area (Å²) in [7, 11) is 0. The zero-order chi connectivity index (χ0) is 6.27. The Kier molecular flexibility index (Phi) is 1.24. The van der Waals surface area contributed by atoms with Crippen LogP contribution >= 0.6 is 0 Å². The molecular weight excluding hydrogens is 114 g/mol. The fraction of sp³-hybridized carbons (Fsp3) is 1.00. The summed E-state index contributed by atoms with van der Waals surface area (Å²) in [5, 5.41) is 0. The highest BCUT2D eigenvalue weighted by molar-refractivity contribution is 4.94. The molecule has 1 heterocycles. The van der Waals surface area contributed by atoms with Crippen molar-refractivity contribution in [1.29, 1.82) is 0 Å². The average molecular weight is 127 g/mol. The van der Waals surface area contributed by atoms with Gasteiger partial charge >= 0.3 is 0 Å². The largest absolute Gasteiger partial charge is 0.378 e. The summed E-state index contributed by atoms with van der Waals surface area (Å²) in [5.74, 6) is 0.707. The van der Waals surface area contributed by atoms with Gasteiger partial charge in [-0.25, -0.2) is 0 Å². The molecule has 0 aromatic heterocycles. The minimum absolute atomic E-state index is 0.454. The minimum atomic E-state index is 0.454. The Hall–Kier alpha value is -0.0800. The number of ether oxygens (including phenoxy) is 1. The van der Waals surface area contributed by atoms with Crippen molar-refractivity contribution in [2.24, 2.45) is 11.7 Å². The monoisotopic (exact) mass is 127 g/mol. The maximum absolute atomic E-state index is 5.75. The topological polar surface area (TPSA) is 35.2 Å². The van der Waals surface area contributed by atoms with Gasteiger partial charge in [0.1, 0.15) is 0 Å². The van der Waals surface area contributed by atoms with Gasteiger partial charge in [0.25, 0.3) is 0 Å². The van der Waals surface area contributed by atoms with E-state index < -0.39 is 0 Å². The lowest BCUT2D eigenvalue weighted by atomic mass is 9.73. The van der Waals surface area contributed by atoms with Crippen LogP contribution in [0.25, 0.3) is 0 Å². The summed E-state index contributed by atoms with van der Waals surface area (Å²) in [6, 6.07) is 0.454. The van der Waals surface area contributed by atoms with E-state index in [-0.39, 0.29) is 0 Å². The first kappa shape index (κ1) is 5.69. The van der Waals surface area contributed by atoms with Crippen LogP contribution in [0, 0.1) is 5.92 Å². The highest BCUT2D eigenvalue weighted by Gasteiger charge is 2.40. The van der Waals surface area contributed by atoms with E-state index in [1.807, 2.05) is 0 Å². The van der Waals surface area contributed by atoms with E-state index in [9.17, 15) is 0 Å². The summed E-state index contributed by atoms with van der Waals surface area (Å²) < 4.78 is 5.47. The second-order valence-corrected chi connectivity index (χ2v) is 3.11. The summed E-state index contributed by atoms with van der Waals surface area (Å²) >= 11 is 0. The van der Waals surface area contributed by atoms with Gasteiger partial charge in [0.15, 0.2) is 0 Å². The number of fused-ring (bicyclic) bond motifs is 1. The van der Waals surface area contributed by atoms with Crippen LogP contribution in [0.15, 0.2) is 0 Å². The first-order chi connectivity index (χ1) is 4.38. The zero-order valence-corrected chi connectivity index (χ0v) is 5.55. The van der Waals surface area contributed by atoms with Crippen molar-refractivity contribution in [3.8, 4) is 0 Å². The van der Waals surface area contributed by atoms with E-state index >= 15 is 0 Å². The third kappa shape index (κ3) is 0.775. The van der Waals surface area contributed by atoms with Crippen molar-refractivity contribution in [2.75, 3.05) is 6.61 Å². The lowest BCUT2D eigenvalue weighted by Gasteiger charge is -2.45. The predicted octanol–water partition coefficient (Wildman–Crippen LogP) is 0.513. The van der Waals surface area contributed by atoms with Crippen LogP contribution in [0.1, 0.15) is 19.3 Å². The van der Waals surface area contributed by atoms with Gasteiger partial charge in [-0.2, -0.15) is 0 Å². The van der Waals surface area contributed by atoms with Gasteiger partial charge in [0.05, 0.1) is 6.10 Å². The predicted molar refractivity (Wildman–Crippen MR) is 35.1 cm³/mol. The third-order valence-electron chi connectivity index (χ3n) is 2.55. The highest BCUT2D eigenvalue weighted by Crippen LogP contribution is 2.36. The van der Waals surface area contributed by atoms with E-state index in [0.29, 0.717) is 18.1 Å². The summed E-state index contributed by atoms with van der Waals surface area (Å²) in [5.41, 5.74) is 5.75. The zero-order valence-electron chi connectivity index (χ0n) is 5.55. The van der Waals surface area contributed by atoms with Crippen LogP contribution in [-0.4, -0.2) is 18.8 Å². The smallest absolute Gasteiger partial charge is 0.0632 e. The van der Waals surface area contributed by atoms with Crippen LogP contribution in [-0.2, 0) is 4.74 Å². The Labute approximate surface area is 55.4 Å². The molecule has 0 bridgehead atoms. The maximum atomic E-state index is 5.75. The molecule has 52 valence electrons. The SMILES string of the molecule is N[C@H]1C[C@H]2OCCC[C@@H]12. The molecule has 9 heavy (non-hydrogen) atoms. The normalized spacial score (nSPS) is 49.7. The summed E-state index contributed by atoms with van der Waals surface area (Å²) in [6.07, 6.45) is 4.15. The Balaban J connectivity index is 1.94. The van der Waals surface area contributed by atoms with Gasteiger partial charge in [-0.3, -0.25) is 0 Å². The maximum Gasteiger partial charge on any atom is 0.0632 e. The van der Waals surface area contributed by atoms with Crippen LogP contribution in [0.4, 0.5) is 0 Å². The molecule has 3 atom stereocenters. The molecule has 2 rings (SSSR count). The molecule has 1 saturated carbocycles. The van der Waals surface area contributed by atoms with E-state index in [4.69, 9.17) is 10.5 Å². The fourth-order valence-corrected chi connectivity index (χ4v) is 1.84. The molecule has 0 aromatic carbocycles. The van der Waals surface area contributed by atoms with E-state index in [0.717, 1.165) is 13.0 Å². The molecule has 2 fully saturated rings. The molecule has 0 amide bonds. The molecule has 2 N–H and O–H groups in total. The fourth-order valence-electron chi connectivity index (χ4n) is 1.84. The number of hydrogen-bond acceptors (Lipinski definition) is 2. The van der Waals surface area contributed by atoms with Gasteiger partial charge in [-0.1, -0.05) is 0 Å². The molecule has 2 aliphatic rings. The van der Waals surface area contributed by atoms with Crippen LogP contribution in [0.5, 0.6) is 0 Å². The number of nitrogens with two attached hydrogens (primary N) is 1. The Bertz CT molecular complexity index is 113. The van der Waals surface area contributed by atoms with E-state index in [2.05, 4.69) is 0 Å². The molecule has 2 heteroatoms. The summed E-state index contributed by atoms with van der Waals surface area (Å²) in [4.78, 5) is 0. The van der Waals surface area contributed by atoms with Gasteiger partial charge in [-0.05, 0) is 19.3 Å². The van der Waals surface area contributed by atoms with Crippen molar-refractivity contribution >= 4 is 0 Å². The average Bonchev–Trinajstić information content (AvgIpc) is 1.86. The molecular formula is C7H13NO. The van der Waals surface area contributed by atoms with Gasteiger partial charge < -0.3 is 10.5 Å². The van der Waals surface area contributed by atoms with Crippen molar-refractivity contribution in [3.05, 3.63) is 0 Å². The molecule has 1 aliphatic carbocycles. The van der Waals surface area contributed by atoms with Crippen LogP contribution in [0.2, 0.25) is 0 Å². The molecule has 1 saturated heterocycles. The molecule has 0 unspecified atom stereocenters. The van der Waals surface area contributed by atoms with Crippen molar-refractivity contribution in [2.45, 2.75) is 31.4 Å². The molecule has 0 spiro atoms.